The average molecular weight is 366 g/mol. The third-order valence-electron chi connectivity index (χ3n) is 3.58. The summed E-state index contributed by atoms with van der Waals surface area (Å²) in [4.78, 5) is 16.0. The lowest BCUT2D eigenvalue weighted by Crippen LogP contribution is -2.20. The molecule has 0 aliphatic rings. The van der Waals surface area contributed by atoms with Gasteiger partial charge in [-0.2, -0.15) is 0 Å². The van der Waals surface area contributed by atoms with Crippen molar-refractivity contribution < 1.29 is 18.3 Å². The van der Waals surface area contributed by atoms with Crippen molar-refractivity contribution in [3.05, 3.63) is 95.7 Å². The molecule has 4 nitrogen and oxygen atoms in total. The molecule has 1 amide bonds. The summed E-state index contributed by atoms with van der Waals surface area (Å²) in [6, 6.07) is 15.0. The SMILES string of the molecule is O=C(/C=C/c1cccc(F)c1)NCc1ccnc(Oc2ccc(F)cc2)c1. The molecule has 0 aliphatic heterocycles. The van der Waals surface area contributed by atoms with E-state index in [1.165, 1.54) is 48.6 Å². The van der Waals surface area contributed by atoms with Crippen LogP contribution in [0.5, 0.6) is 11.6 Å². The summed E-state index contributed by atoms with van der Waals surface area (Å²) in [6.45, 7) is 0.272. The molecule has 0 aliphatic carbocycles. The van der Waals surface area contributed by atoms with Crippen LogP contribution in [0.4, 0.5) is 8.78 Å². The summed E-state index contributed by atoms with van der Waals surface area (Å²) < 4.78 is 31.6. The van der Waals surface area contributed by atoms with Gasteiger partial charge in [0.25, 0.3) is 0 Å². The van der Waals surface area contributed by atoms with E-state index < -0.39 is 0 Å². The standard InChI is InChI=1S/C21H16F2N2O2/c22-17-5-7-19(8-6-17)27-21-13-16(10-11-24-21)14-25-20(26)9-4-15-2-1-3-18(23)12-15/h1-13H,14H2,(H,25,26)/b9-4+. The van der Waals surface area contributed by atoms with Crippen LogP contribution in [0.1, 0.15) is 11.1 Å². The Labute approximate surface area is 155 Å². The summed E-state index contributed by atoms with van der Waals surface area (Å²) in [5.74, 6) is -0.218. The van der Waals surface area contributed by atoms with Gasteiger partial charge in [-0.15, -0.1) is 0 Å². The molecule has 6 heteroatoms. The van der Waals surface area contributed by atoms with Gasteiger partial charge in [0.15, 0.2) is 0 Å². The number of ether oxygens (including phenoxy) is 1. The van der Waals surface area contributed by atoms with Gasteiger partial charge in [-0.05, 0) is 59.7 Å². The Balaban J connectivity index is 1.56. The molecule has 1 heterocycles. The monoisotopic (exact) mass is 366 g/mol. The molecular formula is C21H16F2N2O2. The molecule has 0 saturated carbocycles. The van der Waals surface area contributed by atoms with Crippen molar-refractivity contribution in [1.29, 1.82) is 0 Å². The highest BCUT2D eigenvalue weighted by Crippen LogP contribution is 2.20. The molecule has 3 aromatic rings. The van der Waals surface area contributed by atoms with Crippen LogP contribution in [0, 0.1) is 11.6 Å². The van der Waals surface area contributed by atoms with E-state index in [1.807, 2.05) is 0 Å². The van der Waals surface area contributed by atoms with Gasteiger partial charge < -0.3 is 10.1 Å². The van der Waals surface area contributed by atoms with Crippen molar-refractivity contribution in [3.63, 3.8) is 0 Å². The van der Waals surface area contributed by atoms with Crippen molar-refractivity contribution in [2.75, 3.05) is 0 Å². The van der Waals surface area contributed by atoms with E-state index in [9.17, 15) is 13.6 Å². The maximum absolute atomic E-state index is 13.1. The fraction of sp³-hybridized carbons (Fsp3) is 0.0476. The molecule has 0 unspecified atom stereocenters. The van der Waals surface area contributed by atoms with E-state index in [2.05, 4.69) is 10.3 Å². The zero-order valence-corrected chi connectivity index (χ0v) is 14.2. The fourth-order valence-corrected chi connectivity index (χ4v) is 2.27. The summed E-state index contributed by atoms with van der Waals surface area (Å²) in [6.07, 6.45) is 4.43. The molecule has 0 radical (unpaired) electrons. The first-order valence-corrected chi connectivity index (χ1v) is 8.18. The van der Waals surface area contributed by atoms with Crippen LogP contribution in [0.25, 0.3) is 6.08 Å². The smallest absolute Gasteiger partial charge is 0.244 e. The third-order valence-corrected chi connectivity index (χ3v) is 3.58. The predicted octanol–water partition coefficient (Wildman–Crippen LogP) is 4.48. The number of carbonyl (C=O) groups is 1. The second-order valence-electron chi connectivity index (χ2n) is 5.66. The normalized spacial score (nSPS) is 10.7. The Kier molecular flexibility index (Phi) is 5.89. The average Bonchev–Trinajstić information content (AvgIpc) is 2.67. The van der Waals surface area contributed by atoms with Gasteiger partial charge in [0, 0.05) is 24.9 Å². The lowest BCUT2D eigenvalue weighted by molar-refractivity contribution is -0.116. The number of amides is 1. The fourth-order valence-electron chi connectivity index (χ4n) is 2.27. The molecule has 3 rings (SSSR count). The molecular weight excluding hydrogens is 350 g/mol. The van der Waals surface area contributed by atoms with Gasteiger partial charge in [0.05, 0.1) is 0 Å². The molecule has 1 N–H and O–H groups in total. The Morgan fingerprint density at radius 2 is 1.85 bits per heavy atom. The number of hydrogen-bond donors (Lipinski definition) is 1. The Morgan fingerprint density at radius 1 is 1.04 bits per heavy atom. The zero-order valence-electron chi connectivity index (χ0n) is 14.2. The Bertz CT molecular complexity index is 956. The molecule has 1 aromatic heterocycles. The number of hydrogen-bond acceptors (Lipinski definition) is 3. The zero-order chi connectivity index (χ0) is 19.1. The molecule has 0 bridgehead atoms. The molecule has 0 atom stereocenters. The van der Waals surface area contributed by atoms with E-state index in [4.69, 9.17) is 4.74 Å². The van der Waals surface area contributed by atoms with Crippen LogP contribution in [-0.4, -0.2) is 10.9 Å². The first-order chi connectivity index (χ1) is 13.1. The van der Waals surface area contributed by atoms with Crippen molar-refractivity contribution in [2.45, 2.75) is 6.54 Å². The molecule has 136 valence electrons. The van der Waals surface area contributed by atoms with Crippen LogP contribution in [0.15, 0.2) is 72.9 Å². The number of pyridine rings is 1. The molecule has 0 fully saturated rings. The number of benzene rings is 2. The number of nitrogens with one attached hydrogen (secondary N) is 1. The van der Waals surface area contributed by atoms with E-state index in [0.29, 0.717) is 17.2 Å². The predicted molar refractivity (Wildman–Crippen MR) is 98.0 cm³/mol. The van der Waals surface area contributed by atoms with Crippen LogP contribution in [-0.2, 0) is 11.3 Å². The number of rotatable bonds is 6. The highest BCUT2D eigenvalue weighted by atomic mass is 19.1. The number of halogens is 2. The van der Waals surface area contributed by atoms with Crippen LogP contribution >= 0.6 is 0 Å². The second kappa shape index (κ2) is 8.71. The second-order valence-corrected chi connectivity index (χ2v) is 5.66. The molecule has 27 heavy (non-hydrogen) atoms. The number of carbonyl (C=O) groups excluding carboxylic acids is 1. The minimum Gasteiger partial charge on any atom is -0.439 e. The first kappa shape index (κ1) is 18.3. The van der Waals surface area contributed by atoms with Crippen LogP contribution in [0.3, 0.4) is 0 Å². The minimum atomic E-state index is -0.358. The van der Waals surface area contributed by atoms with Gasteiger partial charge in [-0.1, -0.05) is 12.1 Å². The molecule has 0 spiro atoms. The van der Waals surface area contributed by atoms with Crippen molar-refractivity contribution in [3.8, 4) is 11.6 Å². The Hall–Kier alpha value is -3.54. The lowest BCUT2D eigenvalue weighted by atomic mass is 10.2. The highest BCUT2D eigenvalue weighted by Gasteiger charge is 2.03. The number of aromatic nitrogens is 1. The van der Waals surface area contributed by atoms with E-state index >= 15 is 0 Å². The van der Waals surface area contributed by atoms with Crippen LogP contribution in [0.2, 0.25) is 0 Å². The summed E-state index contributed by atoms with van der Waals surface area (Å²) in [5.41, 5.74) is 1.39. The van der Waals surface area contributed by atoms with Gasteiger partial charge >= 0.3 is 0 Å². The van der Waals surface area contributed by atoms with Gasteiger partial charge in [0.2, 0.25) is 11.8 Å². The first-order valence-electron chi connectivity index (χ1n) is 8.18. The van der Waals surface area contributed by atoms with E-state index in [1.54, 1.807) is 30.5 Å². The minimum absolute atomic E-state index is 0.272. The van der Waals surface area contributed by atoms with E-state index in [-0.39, 0.29) is 24.1 Å². The van der Waals surface area contributed by atoms with Crippen molar-refractivity contribution in [1.82, 2.24) is 10.3 Å². The van der Waals surface area contributed by atoms with Crippen molar-refractivity contribution in [2.24, 2.45) is 0 Å². The summed E-state index contributed by atoms with van der Waals surface area (Å²) in [7, 11) is 0. The topological polar surface area (TPSA) is 51.2 Å². The number of nitrogens with zero attached hydrogens (tertiary/aromatic N) is 1. The van der Waals surface area contributed by atoms with Gasteiger partial charge in [0.1, 0.15) is 17.4 Å². The summed E-state index contributed by atoms with van der Waals surface area (Å²) >= 11 is 0. The lowest BCUT2D eigenvalue weighted by Gasteiger charge is -2.07. The van der Waals surface area contributed by atoms with Gasteiger partial charge in [-0.3, -0.25) is 4.79 Å². The van der Waals surface area contributed by atoms with Crippen LogP contribution < -0.4 is 10.1 Å². The maximum Gasteiger partial charge on any atom is 0.244 e. The van der Waals surface area contributed by atoms with Crippen molar-refractivity contribution >= 4 is 12.0 Å². The highest BCUT2D eigenvalue weighted by molar-refractivity contribution is 5.91. The quantitative estimate of drug-likeness (QED) is 0.655. The molecule has 2 aromatic carbocycles. The van der Waals surface area contributed by atoms with E-state index in [0.717, 1.165) is 5.56 Å². The summed E-state index contributed by atoms with van der Waals surface area (Å²) in [5, 5.41) is 2.73. The maximum atomic E-state index is 13.1. The Morgan fingerprint density at radius 3 is 2.63 bits per heavy atom. The molecule has 0 saturated heterocycles. The van der Waals surface area contributed by atoms with Gasteiger partial charge in [-0.25, -0.2) is 13.8 Å². The largest absolute Gasteiger partial charge is 0.439 e. The third kappa shape index (κ3) is 5.74.